The molecule has 1 aromatic heterocycles. The van der Waals surface area contributed by atoms with Crippen LogP contribution in [0.25, 0.3) is 0 Å². The van der Waals surface area contributed by atoms with Crippen molar-refractivity contribution >= 4 is 0 Å². The van der Waals surface area contributed by atoms with Gasteiger partial charge in [-0.25, -0.2) is 4.98 Å². The van der Waals surface area contributed by atoms with E-state index in [0.29, 0.717) is 0 Å². The first-order chi connectivity index (χ1) is 7.77. The third-order valence-corrected chi connectivity index (χ3v) is 2.47. The Morgan fingerprint density at radius 2 is 2.25 bits per heavy atom. The summed E-state index contributed by atoms with van der Waals surface area (Å²) in [6, 6.07) is 0. The molecule has 0 spiro atoms. The third-order valence-electron chi connectivity index (χ3n) is 2.47. The van der Waals surface area contributed by atoms with Gasteiger partial charge in [-0.15, -0.1) is 0 Å². The quantitative estimate of drug-likeness (QED) is 0.539. The molecule has 0 amide bonds. The van der Waals surface area contributed by atoms with E-state index in [1.165, 1.54) is 17.8 Å². The summed E-state index contributed by atoms with van der Waals surface area (Å²) < 4.78 is 2.19. The fraction of sp³-hybridized carbons (Fsp3) is 0.615. The topological polar surface area (TPSA) is 29.9 Å². The van der Waals surface area contributed by atoms with Crippen LogP contribution in [0.5, 0.6) is 0 Å². The van der Waals surface area contributed by atoms with Crippen LogP contribution < -0.4 is 5.32 Å². The van der Waals surface area contributed by atoms with Gasteiger partial charge in [-0.3, -0.25) is 0 Å². The largest absolute Gasteiger partial charge is 0.331 e. The van der Waals surface area contributed by atoms with E-state index in [-0.39, 0.29) is 0 Å². The first kappa shape index (κ1) is 13.0. The number of hydrogen-bond acceptors (Lipinski definition) is 2. The van der Waals surface area contributed by atoms with Crippen LogP contribution in [0.2, 0.25) is 0 Å². The van der Waals surface area contributed by atoms with Gasteiger partial charge in [0.2, 0.25) is 0 Å². The number of aromatic nitrogens is 2. The van der Waals surface area contributed by atoms with Crippen LogP contribution in [-0.2, 0) is 13.0 Å². The molecule has 0 atom stereocenters. The zero-order valence-corrected chi connectivity index (χ0v) is 10.5. The van der Waals surface area contributed by atoms with Crippen molar-refractivity contribution in [3.63, 3.8) is 0 Å². The smallest absolute Gasteiger partial charge is 0.108 e. The normalized spacial score (nSPS) is 10.6. The molecule has 3 nitrogen and oxygen atoms in total. The summed E-state index contributed by atoms with van der Waals surface area (Å²) >= 11 is 0. The van der Waals surface area contributed by atoms with Gasteiger partial charge in [0, 0.05) is 31.9 Å². The number of hydrogen-bond donors (Lipinski definition) is 1. The molecule has 0 saturated heterocycles. The molecular formula is C13H23N3. The van der Waals surface area contributed by atoms with Crippen LogP contribution >= 0.6 is 0 Å². The minimum atomic E-state index is 0.881. The predicted octanol–water partition coefficient (Wildman–Crippen LogP) is 2.39. The maximum absolute atomic E-state index is 4.36. The van der Waals surface area contributed by atoms with Crippen molar-refractivity contribution in [2.24, 2.45) is 0 Å². The average Bonchev–Trinajstić information content (AvgIpc) is 2.67. The Hall–Kier alpha value is -1.09. The Morgan fingerprint density at radius 1 is 1.44 bits per heavy atom. The van der Waals surface area contributed by atoms with Crippen LogP contribution in [0.1, 0.15) is 32.5 Å². The zero-order chi connectivity index (χ0) is 11.8. The summed E-state index contributed by atoms with van der Waals surface area (Å²) in [6.45, 7) is 11.3. The van der Waals surface area contributed by atoms with Crippen molar-refractivity contribution in [1.29, 1.82) is 0 Å². The zero-order valence-electron chi connectivity index (χ0n) is 10.5. The maximum atomic E-state index is 4.36. The molecule has 1 aromatic rings. The van der Waals surface area contributed by atoms with Crippen LogP contribution in [0.4, 0.5) is 0 Å². The molecule has 1 heterocycles. The molecule has 0 bridgehead atoms. The van der Waals surface area contributed by atoms with Crippen molar-refractivity contribution in [1.82, 2.24) is 14.9 Å². The van der Waals surface area contributed by atoms with E-state index in [1.54, 1.807) is 0 Å². The van der Waals surface area contributed by atoms with Crippen molar-refractivity contribution in [3.05, 3.63) is 30.4 Å². The molecule has 0 unspecified atom stereocenters. The van der Waals surface area contributed by atoms with Gasteiger partial charge in [0.25, 0.3) is 0 Å². The Labute approximate surface area is 98.6 Å². The second-order valence-corrected chi connectivity index (χ2v) is 4.15. The lowest BCUT2D eigenvalue weighted by atomic mass is 10.2. The lowest BCUT2D eigenvalue weighted by molar-refractivity contribution is 0.650. The van der Waals surface area contributed by atoms with Crippen molar-refractivity contribution in [2.45, 2.75) is 39.7 Å². The minimum absolute atomic E-state index is 0.881. The molecular weight excluding hydrogens is 198 g/mol. The van der Waals surface area contributed by atoms with E-state index >= 15 is 0 Å². The van der Waals surface area contributed by atoms with Gasteiger partial charge in [-0.2, -0.15) is 0 Å². The second-order valence-electron chi connectivity index (χ2n) is 4.15. The monoisotopic (exact) mass is 221 g/mol. The minimum Gasteiger partial charge on any atom is -0.331 e. The van der Waals surface area contributed by atoms with Gasteiger partial charge >= 0.3 is 0 Å². The summed E-state index contributed by atoms with van der Waals surface area (Å²) in [4.78, 5) is 4.36. The fourth-order valence-corrected chi connectivity index (χ4v) is 1.67. The Morgan fingerprint density at radius 3 is 2.94 bits per heavy atom. The summed E-state index contributed by atoms with van der Waals surface area (Å²) in [5.41, 5.74) is 1.21. The maximum Gasteiger partial charge on any atom is 0.108 e. The van der Waals surface area contributed by atoms with E-state index < -0.39 is 0 Å². The van der Waals surface area contributed by atoms with Crippen molar-refractivity contribution in [3.8, 4) is 0 Å². The molecule has 0 radical (unpaired) electrons. The van der Waals surface area contributed by atoms with E-state index in [0.717, 1.165) is 32.5 Å². The lowest BCUT2D eigenvalue weighted by Gasteiger charge is -2.10. The molecule has 0 aliphatic heterocycles. The highest BCUT2D eigenvalue weighted by atomic mass is 15.1. The first-order valence-corrected chi connectivity index (χ1v) is 6.15. The number of nitrogens with zero attached hydrogens (tertiary/aromatic N) is 2. The van der Waals surface area contributed by atoms with E-state index in [2.05, 4.69) is 35.3 Å². The third kappa shape index (κ3) is 4.19. The molecule has 90 valence electrons. The SMILES string of the molecule is C=C(CNCCC)Cn1ccnc1CCC. The molecule has 16 heavy (non-hydrogen) atoms. The molecule has 0 fully saturated rings. The van der Waals surface area contributed by atoms with Gasteiger partial charge < -0.3 is 9.88 Å². The van der Waals surface area contributed by atoms with Gasteiger partial charge in [-0.1, -0.05) is 20.4 Å². The van der Waals surface area contributed by atoms with E-state index in [9.17, 15) is 0 Å². The van der Waals surface area contributed by atoms with Crippen LogP contribution in [0.15, 0.2) is 24.5 Å². The molecule has 0 aliphatic rings. The fourth-order valence-electron chi connectivity index (χ4n) is 1.67. The number of nitrogens with one attached hydrogen (secondary N) is 1. The average molecular weight is 221 g/mol. The van der Waals surface area contributed by atoms with E-state index in [4.69, 9.17) is 0 Å². The Balaban J connectivity index is 2.39. The van der Waals surface area contributed by atoms with Crippen molar-refractivity contribution < 1.29 is 0 Å². The summed E-state index contributed by atoms with van der Waals surface area (Å²) in [5.74, 6) is 1.17. The summed E-state index contributed by atoms with van der Waals surface area (Å²) in [5, 5.41) is 3.37. The standard InChI is InChI=1S/C13H23N3/c1-4-6-13-15-8-9-16(13)11-12(3)10-14-7-5-2/h8-9,14H,3-7,10-11H2,1-2H3. The summed E-state index contributed by atoms with van der Waals surface area (Å²) in [7, 11) is 0. The van der Waals surface area contributed by atoms with Crippen molar-refractivity contribution in [2.75, 3.05) is 13.1 Å². The van der Waals surface area contributed by atoms with Crippen LogP contribution in [0.3, 0.4) is 0 Å². The van der Waals surface area contributed by atoms with Gasteiger partial charge in [0.1, 0.15) is 5.82 Å². The highest BCUT2D eigenvalue weighted by Gasteiger charge is 2.02. The number of rotatable bonds is 8. The molecule has 0 aliphatic carbocycles. The number of imidazole rings is 1. The molecule has 3 heteroatoms. The molecule has 0 saturated carbocycles. The van der Waals surface area contributed by atoms with Gasteiger partial charge in [0.05, 0.1) is 0 Å². The lowest BCUT2D eigenvalue weighted by Crippen LogP contribution is -2.20. The highest BCUT2D eigenvalue weighted by molar-refractivity contribution is 5.02. The van der Waals surface area contributed by atoms with Gasteiger partial charge in [0.15, 0.2) is 0 Å². The summed E-state index contributed by atoms with van der Waals surface area (Å²) in [6.07, 6.45) is 7.26. The first-order valence-electron chi connectivity index (χ1n) is 6.15. The second kappa shape index (κ2) is 7.23. The van der Waals surface area contributed by atoms with Crippen LogP contribution in [0, 0.1) is 0 Å². The molecule has 1 N–H and O–H groups in total. The van der Waals surface area contributed by atoms with Crippen LogP contribution in [-0.4, -0.2) is 22.6 Å². The Bertz CT molecular complexity index is 315. The Kier molecular flexibility index (Phi) is 5.86. The van der Waals surface area contributed by atoms with Gasteiger partial charge in [-0.05, 0) is 25.0 Å². The van der Waals surface area contributed by atoms with E-state index in [1.807, 2.05) is 12.4 Å². The molecule has 1 rings (SSSR count). The highest BCUT2D eigenvalue weighted by Crippen LogP contribution is 2.04. The molecule has 0 aromatic carbocycles. The number of aryl methyl sites for hydroxylation is 1. The predicted molar refractivity (Wildman–Crippen MR) is 68.5 cm³/mol.